The number of carbonyl (C=O) groups excluding carboxylic acids is 1. The fourth-order valence-electron chi connectivity index (χ4n) is 4.60. The van der Waals surface area contributed by atoms with Gasteiger partial charge in [-0.1, -0.05) is 24.3 Å². The highest BCUT2D eigenvalue weighted by atomic mass is 16.5. The number of amides is 1. The Kier molecular flexibility index (Phi) is 4.83. The number of hydrogen-bond acceptors (Lipinski definition) is 4. The van der Waals surface area contributed by atoms with Gasteiger partial charge in [0, 0.05) is 24.0 Å². The van der Waals surface area contributed by atoms with E-state index in [2.05, 4.69) is 35.2 Å². The molecule has 0 saturated carbocycles. The molecule has 0 N–H and O–H groups in total. The molecule has 1 amide bonds. The van der Waals surface area contributed by atoms with Crippen molar-refractivity contribution in [2.75, 3.05) is 31.3 Å². The van der Waals surface area contributed by atoms with Crippen molar-refractivity contribution in [1.82, 2.24) is 4.90 Å². The number of rotatable bonds is 6. The minimum atomic E-state index is 0.0919. The molecular weight excluding hydrogens is 376 g/mol. The standard InChI is InChI=1S/C25H26N2O3/c1-3-29-22-13-18-11-12-26(15-19(18)14-23(22)30-4-2)16-27-21-10-6-8-17-7-5-9-20(24(17)21)25(27)28/h5-10,13-14H,3-4,11-12,15-16H2,1-2H3. The molecule has 0 atom stereocenters. The molecule has 0 spiro atoms. The van der Waals surface area contributed by atoms with Gasteiger partial charge in [0.15, 0.2) is 11.5 Å². The zero-order valence-electron chi connectivity index (χ0n) is 17.5. The van der Waals surface area contributed by atoms with E-state index in [9.17, 15) is 4.79 Å². The van der Waals surface area contributed by atoms with E-state index < -0.39 is 0 Å². The number of anilines is 1. The van der Waals surface area contributed by atoms with Gasteiger partial charge in [-0.2, -0.15) is 0 Å². The highest BCUT2D eigenvalue weighted by molar-refractivity contribution is 6.24. The first-order valence-corrected chi connectivity index (χ1v) is 10.7. The average molecular weight is 402 g/mol. The van der Waals surface area contributed by atoms with Crippen LogP contribution < -0.4 is 14.4 Å². The van der Waals surface area contributed by atoms with Gasteiger partial charge in [-0.15, -0.1) is 0 Å². The smallest absolute Gasteiger partial charge is 0.260 e. The van der Waals surface area contributed by atoms with Crippen LogP contribution in [0.3, 0.4) is 0 Å². The normalized spacial score (nSPS) is 15.5. The predicted molar refractivity (Wildman–Crippen MR) is 119 cm³/mol. The van der Waals surface area contributed by atoms with Crippen molar-refractivity contribution in [3.05, 3.63) is 65.2 Å². The van der Waals surface area contributed by atoms with Gasteiger partial charge >= 0.3 is 0 Å². The summed E-state index contributed by atoms with van der Waals surface area (Å²) in [7, 11) is 0. The van der Waals surface area contributed by atoms with Crippen LogP contribution in [-0.4, -0.2) is 37.2 Å². The average Bonchev–Trinajstić information content (AvgIpc) is 3.03. The summed E-state index contributed by atoms with van der Waals surface area (Å²) in [6.45, 7) is 7.48. The maximum atomic E-state index is 13.1. The molecule has 2 aliphatic rings. The van der Waals surface area contributed by atoms with E-state index in [1.165, 1.54) is 11.1 Å². The Morgan fingerprint density at radius 1 is 0.933 bits per heavy atom. The van der Waals surface area contributed by atoms with E-state index in [0.717, 1.165) is 53.0 Å². The lowest BCUT2D eigenvalue weighted by Gasteiger charge is -2.33. The summed E-state index contributed by atoms with van der Waals surface area (Å²) in [5, 5.41) is 2.19. The van der Waals surface area contributed by atoms with Crippen LogP contribution in [0.25, 0.3) is 10.8 Å². The van der Waals surface area contributed by atoms with Crippen LogP contribution in [0, 0.1) is 0 Å². The molecule has 0 bridgehead atoms. The third kappa shape index (κ3) is 3.10. The summed E-state index contributed by atoms with van der Waals surface area (Å²) in [5.41, 5.74) is 4.37. The molecule has 30 heavy (non-hydrogen) atoms. The van der Waals surface area contributed by atoms with Crippen LogP contribution in [0.4, 0.5) is 5.69 Å². The molecule has 0 aliphatic carbocycles. The van der Waals surface area contributed by atoms with Crippen molar-refractivity contribution < 1.29 is 14.3 Å². The highest BCUT2D eigenvalue weighted by Crippen LogP contribution is 2.38. The van der Waals surface area contributed by atoms with Gasteiger partial charge in [-0.3, -0.25) is 14.6 Å². The first kappa shape index (κ1) is 18.9. The number of carbonyl (C=O) groups is 1. The lowest BCUT2D eigenvalue weighted by molar-refractivity contribution is 0.0971. The van der Waals surface area contributed by atoms with E-state index in [-0.39, 0.29) is 5.91 Å². The highest BCUT2D eigenvalue weighted by Gasteiger charge is 2.31. The maximum Gasteiger partial charge on any atom is 0.260 e. The van der Waals surface area contributed by atoms with Gasteiger partial charge in [0.25, 0.3) is 5.91 Å². The molecule has 0 unspecified atom stereocenters. The predicted octanol–water partition coefficient (Wildman–Crippen LogP) is 4.61. The molecular formula is C25H26N2O3. The number of ether oxygens (including phenoxy) is 2. The van der Waals surface area contributed by atoms with Crippen LogP contribution in [-0.2, 0) is 13.0 Å². The Morgan fingerprint density at radius 2 is 1.63 bits per heavy atom. The van der Waals surface area contributed by atoms with Crippen molar-refractivity contribution in [3.8, 4) is 11.5 Å². The van der Waals surface area contributed by atoms with E-state index in [1.54, 1.807) is 0 Å². The van der Waals surface area contributed by atoms with Crippen molar-refractivity contribution in [2.24, 2.45) is 0 Å². The van der Waals surface area contributed by atoms with Crippen LogP contribution in [0.1, 0.15) is 35.3 Å². The Labute approximate surface area is 176 Å². The largest absolute Gasteiger partial charge is 0.490 e. The van der Waals surface area contributed by atoms with Crippen LogP contribution in [0.5, 0.6) is 11.5 Å². The van der Waals surface area contributed by atoms with E-state index in [4.69, 9.17) is 9.47 Å². The van der Waals surface area contributed by atoms with Crippen LogP contribution in [0.2, 0.25) is 0 Å². The van der Waals surface area contributed by atoms with Crippen LogP contribution >= 0.6 is 0 Å². The second kappa shape index (κ2) is 7.65. The van der Waals surface area contributed by atoms with Crippen molar-refractivity contribution in [3.63, 3.8) is 0 Å². The lowest BCUT2D eigenvalue weighted by Crippen LogP contribution is -2.42. The number of nitrogens with zero attached hydrogens (tertiary/aromatic N) is 2. The minimum Gasteiger partial charge on any atom is -0.490 e. The van der Waals surface area contributed by atoms with Gasteiger partial charge in [0.1, 0.15) is 0 Å². The van der Waals surface area contributed by atoms with Gasteiger partial charge in [-0.25, -0.2) is 0 Å². The number of fused-ring (bicyclic) bond motifs is 1. The fraction of sp³-hybridized carbons (Fsp3) is 0.320. The lowest BCUT2D eigenvalue weighted by atomic mass is 9.99. The first-order valence-electron chi connectivity index (χ1n) is 10.7. The van der Waals surface area contributed by atoms with Gasteiger partial charge in [0.2, 0.25) is 0 Å². The molecule has 0 aromatic heterocycles. The summed E-state index contributed by atoms with van der Waals surface area (Å²) >= 11 is 0. The number of hydrogen-bond donors (Lipinski definition) is 0. The third-order valence-corrected chi connectivity index (χ3v) is 5.95. The van der Waals surface area contributed by atoms with Gasteiger partial charge < -0.3 is 9.47 Å². The minimum absolute atomic E-state index is 0.0919. The molecule has 0 fully saturated rings. The molecule has 5 rings (SSSR count). The Bertz CT molecular complexity index is 1120. The Balaban J connectivity index is 1.40. The SMILES string of the molecule is CCOc1cc2c(cc1OCC)CN(CN1C(=O)c3cccc4cccc1c34)CC2. The quantitative estimate of drug-likeness (QED) is 0.604. The molecule has 0 saturated heterocycles. The van der Waals surface area contributed by atoms with Gasteiger partial charge in [-0.05, 0) is 61.0 Å². The molecule has 3 aromatic carbocycles. The zero-order chi connectivity index (χ0) is 20.7. The van der Waals surface area contributed by atoms with Gasteiger partial charge in [0.05, 0.1) is 25.6 Å². The van der Waals surface area contributed by atoms with E-state index in [1.807, 2.05) is 36.9 Å². The zero-order valence-corrected chi connectivity index (χ0v) is 17.5. The third-order valence-electron chi connectivity index (χ3n) is 5.95. The monoisotopic (exact) mass is 402 g/mol. The van der Waals surface area contributed by atoms with Crippen LogP contribution in [0.15, 0.2) is 48.5 Å². The molecule has 5 nitrogen and oxygen atoms in total. The topological polar surface area (TPSA) is 42.0 Å². The molecule has 2 aliphatic heterocycles. The summed E-state index contributed by atoms with van der Waals surface area (Å²) < 4.78 is 11.6. The maximum absolute atomic E-state index is 13.1. The van der Waals surface area contributed by atoms with E-state index >= 15 is 0 Å². The Morgan fingerprint density at radius 3 is 2.37 bits per heavy atom. The second-order valence-electron chi connectivity index (χ2n) is 7.79. The summed E-state index contributed by atoms with van der Waals surface area (Å²) in [5.74, 6) is 1.71. The molecule has 3 aromatic rings. The van der Waals surface area contributed by atoms with E-state index in [0.29, 0.717) is 19.9 Å². The number of benzene rings is 3. The summed E-state index contributed by atoms with van der Waals surface area (Å²) in [6.07, 6.45) is 0.932. The first-order chi connectivity index (χ1) is 14.7. The summed E-state index contributed by atoms with van der Waals surface area (Å²) in [6, 6.07) is 16.4. The molecule has 2 heterocycles. The fourth-order valence-corrected chi connectivity index (χ4v) is 4.60. The molecule has 154 valence electrons. The second-order valence-corrected chi connectivity index (χ2v) is 7.79. The van der Waals surface area contributed by atoms with Crippen molar-refractivity contribution in [1.29, 1.82) is 0 Å². The van der Waals surface area contributed by atoms with Crippen molar-refractivity contribution >= 4 is 22.4 Å². The molecule has 5 heteroatoms. The van der Waals surface area contributed by atoms with Crippen molar-refractivity contribution in [2.45, 2.75) is 26.8 Å². The summed E-state index contributed by atoms with van der Waals surface area (Å²) in [4.78, 5) is 17.4. The molecule has 0 radical (unpaired) electrons. The Hall–Kier alpha value is -3.05.